The van der Waals surface area contributed by atoms with Gasteiger partial charge in [-0.15, -0.1) is 0 Å². The van der Waals surface area contributed by atoms with Crippen LogP contribution in [-0.4, -0.2) is 12.1 Å². The Balaban J connectivity index is 0.000000241. The standard InChI is InChI=1S/C7H8.C6H15N/c1-7-5-3-2-4-6-7;1-5(2)7-6(3)4/h2-6H,1H3;5-7H,1-4H3. The predicted molar refractivity (Wildman–Crippen MR) is 64.6 cm³/mol. The van der Waals surface area contributed by atoms with Gasteiger partial charge >= 0.3 is 0 Å². The van der Waals surface area contributed by atoms with Gasteiger partial charge in [-0.1, -0.05) is 63.6 Å². The quantitative estimate of drug-likeness (QED) is 0.759. The highest BCUT2D eigenvalue weighted by atomic mass is 14.9. The third-order valence-electron chi connectivity index (χ3n) is 1.61. The lowest BCUT2D eigenvalue weighted by Crippen LogP contribution is -2.29. The summed E-state index contributed by atoms with van der Waals surface area (Å²) < 4.78 is 0. The zero-order chi connectivity index (χ0) is 11.0. The van der Waals surface area contributed by atoms with Crippen molar-refractivity contribution >= 4 is 0 Å². The summed E-state index contributed by atoms with van der Waals surface area (Å²) in [6.45, 7) is 10.7. The molecular formula is C13H23N. The van der Waals surface area contributed by atoms with Crippen molar-refractivity contribution in [2.24, 2.45) is 0 Å². The van der Waals surface area contributed by atoms with Crippen molar-refractivity contribution in [3.8, 4) is 0 Å². The van der Waals surface area contributed by atoms with Crippen LogP contribution in [0.25, 0.3) is 0 Å². The first-order valence-electron chi connectivity index (χ1n) is 5.30. The van der Waals surface area contributed by atoms with Crippen LogP contribution in [0.5, 0.6) is 0 Å². The van der Waals surface area contributed by atoms with Crippen molar-refractivity contribution in [3.05, 3.63) is 35.9 Å². The third kappa shape index (κ3) is 9.27. The van der Waals surface area contributed by atoms with Gasteiger partial charge in [-0.05, 0) is 6.92 Å². The Morgan fingerprint density at radius 1 is 0.857 bits per heavy atom. The number of benzene rings is 1. The van der Waals surface area contributed by atoms with Crippen molar-refractivity contribution in [2.75, 3.05) is 0 Å². The fourth-order valence-electron chi connectivity index (χ4n) is 1.20. The molecule has 0 aliphatic carbocycles. The fraction of sp³-hybridized carbons (Fsp3) is 0.538. The summed E-state index contributed by atoms with van der Waals surface area (Å²) in [7, 11) is 0. The van der Waals surface area contributed by atoms with Gasteiger partial charge in [0.1, 0.15) is 0 Å². The van der Waals surface area contributed by atoms with Gasteiger partial charge < -0.3 is 5.32 Å². The van der Waals surface area contributed by atoms with E-state index in [1.165, 1.54) is 5.56 Å². The smallest absolute Gasteiger partial charge is 0.00127 e. The largest absolute Gasteiger partial charge is 0.312 e. The average molecular weight is 193 g/mol. The summed E-state index contributed by atoms with van der Waals surface area (Å²) in [6, 6.07) is 11.5. The summed E-state index contributed by atoms with van der Waals surface area (Å²) in [4.78, 5) is 0. The summed E-state index contributed by atoms with van der Waals surface area (Å²) in [6.07, 6.45) is 0. The molecule has 1 aromatic rings. The van der Waals surface area contributed by atoms with Crippen molar-refractivity contribution in [1.82, 2.24) is 5.32 Å². The Morgan fingerprint density at radius 3 is 1.43 bits per heavy atom. The van der Waals surface area contributed by atoms with Gasteiger partial charge in [-0.25, -0.2) is 0 Å². The Labute approximate surface area is 88.5 Å². The molecule has 0 atom stereocenters. The molecule has 0 aliphatic rings. The first-order valence-corrected chi connectivity index (χ1v) is 5.30. The van der Waals surface area contributed by atoms with Crippen molar-refractivity contribution in [1.29, 1.82) is 0 Å². The molecule has 0 fully saturated rings. The molecule has 1 rings (SSSR count). The van der Waals surface area contributed by atoms with Gasteiger partial charge in [0.25, 0.3) is 0 Å². The molecular weight excluding hydrogens is 170 g/mol. The predicted octanol–water partition coefficient (Wildman–Crippen LogP) is 3.39. The number of hydrogen-bond acceptors (Lipinski definition) is 1. The Morgan fingerprint density at radius 2 is 1.29 bits per heavy atom. The van der Waals surface area contributed by atoms with Crippen LogP contribution in [0, 0.1) is 6.92 Å². The minimum Gasteiger partial charge on any atom is -0.312 e. The number of aryl methyl sites for hydroxylation is 1. The summed E-state index contributed by atoms with van der Waals surface area (Å²) in [5, 5.41) is 3.31. The Bertz CT molecular complexity index is 208. The zero-order valence-corrected chi connectivity index (χ0v) is 10.0. The summed E-state index contributed by atoms with van der Waals surface area (Å²) in [5.74, 6) is 0. The second-order valence-electron chi connectivity index (χ2n) is 4.13. The molecule has 0 spiro atoms. The molecule has 1 aromatic carbocycles. The van der Waals surface area contributed by atoms with E-state index in [9.17, 15) is 0 Å². The van der Waals surface area contributed by atoms with Crippen LogP contribution < -0.4 is 5.32 Å². The number of rotatable bonds is 2. The SMILES string of the molecule is CC(C)NC(C)C.Cc1ccccc1. The molecule has 0 saturated heterocycles. The van der Waals surface area contributed by atoms with Crippen LogP contribution in [0.1, 0.15) is 33.3 Å². The molecule has 0 amide bonds. The van der Waals surface area contributed by atoms with Gasteiger partial charge in [0.15, 0.2) is 0 Å². The Hall–Kier alpha value is -0.820. The van der Waals surface area contributed by atoms with Gasteiger partial charge in [-0.2, -0.15) is 0 Å². The number of hydrogen-bond donors (Lipinski definition) is 1. The molecule has 1 nitrogen and oxygen atoms in total. The minimum atomic E-state index is 0.625. The molecule has 0 aromatic heterocycles. The van der Waals surface area contributed by atoms with E-state index in [4.69, 9.17) is 0 Å². The molecule has 1 heteroatoms. The first kappa shape index (κ1) is 13.2. The van der Waals surface area contributed by atoms with Gasteiger partial charge in [0, 0.05) is 12.1 Å². The topological polar surface area (TPSA) is 12.0 Å². The van der Waals surface area contributed by atoms with Crippen molar-refractivity contribution in [2.45, 2.75) is 46.7 Å². The van der Waals surface area contributed by atoms with E-state index in [1.807, 2.05) is 18.2 Å². The third-order valence-corrected chi connectivity index (χ3v) is 1.61. The minimum absolute atomic E-state index is 0.625. The molecule has 0 bridgehead atoms. The Kier molecular flexibility index (Phi) is 7.13. The molecule has 0 unspecified atom stereocenters. The normalized spacial score (nSPS) is 9.93. The van der Waals surface area contributed by atoms with E-state index >= 15 is 0 Å². The molecule has 0 heterocycles. The van der Waals surface area contributed by atoms with Crippen LogP contribution in [0.4, 0.5) is 0 Å². The summed E-state index contributed by atoms with van der Waals surface area (Å²) >= 11 is 0. The lowest BCUT2D eigenvalue weighted by molar-refractivity contribution is 0.518. The van der Waals surface area contributed by atoms with Crippen LogP contribution in [0.15, 0.2) is 30.3 Å². The maximum Gasteiger partial charge on any atom is 0.00127 e. The van der Waals surface area contributed by atoms with E-state index in [-0.39, 0.29) is 0 Å². The maximum absolute atomic E-state index is 3.31. The zero-order valence-electron chi connectivity index (χ0n) is 10.0. The monoisotopic (exact) mass is 193 g/mol. The highest BCUT2D eigenvalue weighted by molar-refractivity contribution is 5.11. The van der Waals surface area contributed by atoms with E-state index < -0.39 is 0 Å². The molecule has 0 aliphatic heterocycles. The van der Waals surface area contributed by atoms with Gasteiger partial charge in [0.2, 0.25) is 0 Å². The van der Waals surface area contributed by atoms with Crippen molar-refractivity contribution < 1.29 is 0 Å². The molecule has 1 N–H and O–H groups in total. The second kappa shape index (κ2) is 7.57. The van der Waals surface area contributed by atoms with E-state index in [0.717, 1.165) is 0 Å². The lowest BCUT2D eigenvalue weighted by atomic mass is 10.2. The van der Waals surface area contributed by atoms with Gasteiger partial charge in [0.05, 0.1) is 0 Å². The lowest BCUT2D eigenvalue weighted by Gasteiger charge is -2.10. The van der Waals surface area contributed by atoms with E-state index in [0.29, 0.717) is 12.1 Å². The average Bonchev–Trinajstić information content (AvgIpc) is 2.03. The molecule has 0 radical (unpaired) electrons. The fourth-order valence-corrected chi connectivity index (χ4v) is 1.20. The highest BCUT2D eigenvalue weighted by Gasteiger charge is 1.92. The second-order valence-corrected chi connectivity index (χ2v) is 4.13. The molecule has 14 heavy (non-hydrogen) atoms. The van der Waals surface area contributed by atoms with Crippen LogP contribution in [0.3, 0.4) is 0 Å². The van der Waals surface area contributed by atoms with Crippen molar-refractivity contribution in [3.63, 3.8) is 0 Å². The van der Waals surface area contributed by atoms with Crippen LogP contribution >= 0.6 is 0 Å². The number of nitrogens with one attached hydrogen (secondary N) is 1. The molecule has 0 saturated carbocycles. The summed E-state index contributed by atoms with van der Waals surface area (Å²) in [5.41, 5.74) is 1.32. The van der Waals surface area contributed by atoms with Crippen LogP contribution in [-0.2, 0) is 0 Å². The maximum atomic E-state index is 3.31. The first-order chi connectivity index (χ1) is 6.52. The van der Waals surface area contributed by atoms with E-state index in [1.54, 1.807) is 0 Å². The molecule has 80 valence electrons. The van der Waals surface area contributed by atoms with Crippen LogP contribution in [0.2, 0.25) is 0 Å². The van der Waals surface area contributed by atoms with E-state index in [2.05, 4.69) is 52.1 Å². The highest BCUT2D eigenvalue weighted by Crippen LogP contribution is 1.92. The van der Waals surface area contributed by atoms with Gasteiger partial charge in [-0.3, -0.25) is 0 Å².